The Balaban J connectivity index is 3.31. The molecule has 74 valence electrons. The molecule has 12 heavy (non-hydrogen) atoms. The van der Waals surface area contributed by atoms with Crippen molar-refractivity contribution in [3.05, 3.63) is 0 Å². The molecule has 0 saturated heterocycles. The molecule has 0 radical (unpaired) electrons. The maximum absolute atomic E-state index is 5.80. The Hall–Kier alpha value is 0.500. The predicted molar refractivity (Wildman–Crippen MR) is 53.8 cm³/mol. The topological polar surface area (TPSA) is 9.23 Å². The quantitative estimate of drug-likeness (QED) is 0.485. The number of rotatable bonds is 6. The number of likely N-dealkylation sites (N-methyl/N-ethyl adjacent to an activating group) is 1. The first-order valence-corrected chi connectivity index (χ1v) is 5.05. The van der Waals surface area contributed by atoms with Crippen LogP contribution in [0.5, 0.6) is 0 Å². The van der Waals surface area contributed by atoms with Gasteiger partial charge in [-0.15, -0.1) is 11.6 Å². The van der Waals surface area contributed by atoms with Crippen molar-refractivity contribution in [1.82, 2.24) is 0 Å². The Morgan fingerprint density at radius 1 is 1.33 bits per heavy atom. The molecule has 4 heteroatoms. The van der Waals surface area contributed by atoms with E-state index < -0.39 is 0 Å². The first-order chi connectivity index (χ1) is 5.45. The van der Waals surface area contributed by atoms with Crippen molar-refractivity contribution in [1.29, 1.82) is 0 Å². The molecule has 0 spiro atoms. The summed E-state index contributed by atoms with van der Waals surface area (Å²) in [4.78, 5) is 0. The molecule has 0 saturated carbocycles. The third kappa shape index (κ3) is 8.60. The Morgan fingerprint density at radius 2 is 1.92 bits per heavy atom. The average molecular weight is 215 g/mol. The maximum atomic E-state index is 5.80. The first-order valence-electron chi connectivity index (χ1n) is 4.08. The van der Waals surface area contributed by atoms with Crippen LogP contribution in [0.3, 0.4) is 0 Å². The lowest BCUT2D eigenvalue weighted by Crippen LogP contribution is -2.38. The zero-order valence-electron chi connectivity index (χ0n) is 8.02. The van der Waals surface area contributed by atoms with Gasteiger partial charge in [-0.3, -0.25) is 0 Å². The standard InChI is InChI=1S/C8H18Cl2NO/c1-11(2,3)6-7-12-8(10)4-5-9/h8H,4-7H2,1-3H3/q+1. The summed E-state index contributed by atoms with van der Waals surface area (Å²) in [6.45, 7) is 1.65. The number of hydrogen-bond acceptors (Lipinski definition) is 1. The summed E-state index contributed by atoms with van der Waals surface area (Å²) < 4.78 is 6.22. The second kappa shape index (κ2) is 6.03. The molecule has 0 aliphatic heterocycles. The highest BCUT2D eigenvalue weighted by atomic mass is 35.5. The van der Waals surface area contributed by atoms with Crippen LogP contribution in [0.15, 0.2) is 0 Å². The number of quaternary nitrogens is 1. The van der Waals surface area contributed by atoms with Crippen LogP contribution in [-0.4, -0.2) is 50.2 Å². The molecule has 1 unspecified atom stereocenters. The van der Waals surface area contributed by atoms with Crippen LogP contribution in [0.2, 0.25) is 0 Å². The van der Waals surface area contributed by atoms with Gasteiger partial charge in [-0.1, -0.05) is 11.6 Å². The lowest BCUT2D eigenvalue weighted by atomic mass is 10.5. The van der Waals surface area contributed by atoms with E-state index in [0.717, 1.165) is 11.0 Å². The maximum Gasteiger partial charge on any atom is 0.132 e. The molecule has 0 aromatic carbocycles. The minimum Gasteiger partial charge on any atom is -0.357 e. The molecule has 0 N–H and O–H groups in total. The van der Waals surface area contributed by atoms with Gasteiger partial charge in [0.05, 0.1) is 27.7 Å². The second-order valence-electron chi connectivity index (χ2n) is 3.77. The summed E-state index contributed by atoms with van der Waals surface area (Å²) in [6, 6.07) is 0. The van der Waals surface area contributed by atoms with E-state index in [4.69, 9.17) is 27.9 Å². The zero-order chi connectivity index (χ0) is 9.61. The van der Waals surface area contributed by atoms with Crippen molar-refractivity contribution in [3.63, 3.8) is 0 Å². The summed E-state index contributed by atoms with van der Waals surface area (Å²) in [6.07, 6.45) is 0.709. The first kappa shape index (κ1) is 12.5. The van der Waals surface area contributed by atoms with Crippen LogP contribution in [-0.2, 0) is 4.74 Å². The van der Waals surface area contributed by atoms with Crippen molar-refractivity contribution in [2.75, 3.05) is 40.2 Å². The van der Waals surface area contributed by atoms with Gasteiger partial charge in [-0.25, -0.2) is 0 Å². The van der Waals surface area contributed by atoms with Crippen molar-refractivity contribution in [2.24, 2.45) is 0 Å². The third-order valence-corrected chi connectivity index (χ3v) is 1.96. The van der Waals surface area contributed by atoms with Crippen LogP contribution in [0.25, 0.3) is 0 Å². The summed E-state index contributed by atoms with van der Waals surface area (Å²) >= 11 is 11.3. The fraction of sp³-hybridized carbons (Fsp3) is 1.00. The largest absolute Gasteiger partial charge is 0.357 e. The monoisotopic (exact) mass is 214 g/mol. The normalized spacial score (nSPS) is 14.8. The second-order valence-corrected chi connectivity index (χ2v) is 4.64. The molecule has 0 aromatic rings. The van der Waals surface area contributed by atoms with E-state index in [9.17, 15) is 0 Å². The van der Waals surface area contributed by atoms with Gasteiger partial charge in [-0.05, 0) is 0 Å². The molecular weight excluding hydrogens is 197 g/mol. The van der Waals surface area contributed by atoms with Gasteiger partial charge in [-0.2, -0.15) is 0 Å². The number of nitrogens with zero attached hydrogens (tertiary/aromatic N) is 1. The minimum absolute atomic E-state index is 0.228. The molecule has 2 nitrogen and oxygen atoms in total. The molecule has 0 aromatic heterocycles. The van der Waals surface area contributed by atoms with Crippen LogP contribution in [0.1, 0.15) is 6.42 Å². The molecule has 0 aliphatic carbocycles. The molecule has 0 fully saturated rings. The smallest absolute Gasteiger partial charge is 0.132 e. The number of alkyl halides is 2. The van der Waals surface area contributed by atoms with Gasteiger partial charge in [0.15, 0.2) is 0 Å². The van der Waals surface area contributed by atoms with Crippen LogP contribution in [0.4, 0.5) is 0 Å². The van der Waals surface area contributed by atoms with Gasteiger partial charge < -0.3 is 9.22 Å². The Kier molecular flexibility index (Phi) is 6.28. The summed E-state index contributed by atoms with van der Waals surface area (Å²) in [5.74, 6) is 0.554. The van der Waals surface area contributed by atoms with E-state index in [1.54, 1.807) is 0 Å². The number of ether oxygens (including phenoxy) is 1. The summed E-state index contributed by atoms with van der Waals surface area (Å²) in [7, 11) is 6.36. The van der Waals surface area contributed by atoms with Crippen LogP contribution in [0, 0.1) is 0 Å². The van der Waals surface area contributed by atoms with Crippen molar-refractivity contribution in [3.8, 4) is 0 Å². The highest BCUT2D eigenvalue weighted by Crippen LogP contribution is 2.05. The van der Waals surface area contributed by atoms with Crippen molar-refractivity contribution < 1.29 is 9.22 Å². The van der Waals surface area contributed by atoms with E-state index >= 15 is 0 Å². The van der Waals surface area contributed by atoms with E-state index in [2.05, 4.69) is 21.1 Å². The Bertz CT molecular complexity index is 114. The van der Waals surface area contributed by atoms with E-state index in [1.807, 2.05) is 0 Å². The highest BCUT2D eigenvalue weighted by Gasteiger charge is 2.09. The van der Waals surface area contributed by atoms with Crippen molar-refractivity contribution in [2.45, 2.75) is 12.0 Å². The zero-order valence-corrected chi connectivity index (χ0v) is 9.53. The highest BCUT2D eigenvalue weighted by molar-refractivity contribution is 6.21. The van der Waals surface area contributed by atoms with Crippen LogP contribution >= 0.6 is 23.2 Å². The van der Waals surface area contributed by atoms with Crippen molar-refractivity contribution >= 4 is 23.2 Å². The van der Waals surface area contributed by atoms with Gasteiger partial charge in [0.1, 0.15) is 12.1 Å². The summed E-state index contributed by atoms with van der Waals surface area (Å²) in [5.41, 5.74) is -0.228. The SMILES string of the molecule is C[N+](C)(C)CCOC(Cl)CCCl. The summed E-state index contributed by atoms with van der Waals surface area (Å²) in [5, 5.41) is 0. The number of halogens is 2. The molecular formula is C8H18Cl2NO+. The predicted octanol–water partition coefficient (Wildman–Crippen LogP) is 1.90. The minimum atomic E-state index is -0.228. The van der Waals surface area contributed by atoms with E-state index in [1.165, 1.54) is 0 Å². The molecule has 0 heterocycles. The molecule has 0 amide bonds. The fourth-order valence-electron chi connectivity index (χ4n) is 0.624. The lowest BCUT2D eigenvalue weighted by Gasteiger charge is -2.24. The van der Waals surface area contributed by atoms with Crippen LogP contribution < -0.4 is 0 Å². The average Bonchev–Trinajstić information content (AvgIpc) is 1.84. The molecule has 1 atom stereocenters. The van der Waals surface area contributed by atoms with E-state index in [-0.39, 0.29) is 5.56 Å². The molecule has 0 rings (SSSR count). The fourth-order valence-corrected chi connectivity index (χ4v) is 1.13. The Labute approximate surface area is 85.0 Å². The third-order valence-electron chi connectivity index (χ3n) is 1.40. The molecule has 0 bridgehead atoms. The lowest BCUT2D eigenvalue weighted by molar-refractivity contribution is -0.870. The van der Waals surface area contributed by atoms with Gasteiger partial charge in [0, 0.05) is 12.3 Å². The molecule has 0 aliphatic rings. The van der Waals surface area contributed by atoms with Gasteiger partial charge in [0.25, 0.3) is 0 Å². The van der Waals surface area contributed by atoms with E-state index in [0.29, 0.717) is 18.9 Å². The van der Waals surface area contributed by atoms with Gasteiger partial charge >= 0.3 is 0 Å². The Morgan fingerprint density at radius 3 is 2.33 bits per heavy atom. The van der Waals surface area contributed by atoms with Gasteiger partial charge in [0.2, 0.25) is 0 Å². The number of hydrogen-bond donors (Lipinski definition) is 0.